The molecule has 0 saturated heterocycles. The maximum Gasteiger partial charge on any atom is 0.262 e. The van der Waals surface area contributed by atoms with E-state index in [4.69, 9.17) is 4.74 Å². The van der Waals surface area contributed by atoms with Crippen LogP contribution in [0.1, 0.15) is 36.1 Å². The highest BCUT2D eigenvalue weighted by atomic mass is 32.2. The first-order valence-electron chi connectivity index (χ1n) is 11.4. The molecule has 34 heavy (non-hydrogen) atoms. The predicted molar refractivity (Wildman–Crippen MR) is 138 cm³/mol. The molecule has 0 fully saturated rings. The third kappa shape index (κ3) is 6.60. The minimum atomic E-state index is -3.48. The molecule has 0 bridgehead atoms. The summed E-state index contributed by atoms with van der Waals surface area (Å²) in [7, 11) is -3.48. The van der Waals surface area contributed by atoms with E-state index in [2.05, 4.69) is 19.2 Å². The van der Waals surface area contributed by atoms with Crippen LogP contribution in [0.15, 0.2) is 66.7 Å². The number of anilines is 2. The molecule has 0 aromatic heterocycles. The second kappa shape index (κ2) is 11.2. The van der Waals surface area contributed by atoms with Gasteiger partial charge in [0.2, 0.25) is 10.0 Å². The third-order valence-corrected chi connectivity index (χ3v) is 6.75. The molecule has 0 aliphatic carbocycles. The Morgan fingerprint density at radius 3 is 2.03 bits per heavy atom. The van der Waals surface area contributed by atoms with Gasteiger partial charge in [0.05, 0.1) is 18.5 Å². The quantitative estimate of drug-likeness (QED) is 0.438. The van der Waals surface area contributed by atoms with Crippen LogP contribution in [-0.4, -0.2) is 27.2 Å². The van der Waals surface area contributed by atoms with E-state index in [1.54, 1.807) is 24.3 Å². The molecule has 0 aliphatic rings. The van der Waals surface area contributed by atoms with E-state index in [0.29, 0.717) is 11.4 Å². The number of rotatable bonds is 10. The highest BCUT2D eigenvalue weighted by Gasteiger charge is 2.18. The van der Waals surface area contributed by atoms with Crippen LogP contribution in [0.5, 0.6) is 5.75 Å². The fourth-order valence-electron chi connectivity index (χ4n) is 3.70. The lowest BCUT2D eigenvalue weighted by Gasteiger charge is -2.23. The van der Waals surface area contributed by atoms with E-state index in [-0.39, 0.29) is 19.1 Å². The van der Waals surface area contributed by atoms with Gasteiger partial charge in [0.1, 0.15) is 5.75 Å². The van der Waals surface area contributed by atoms with E-state index < -0.39 is 10.0 Å². The fourth-order valence-corrected chi connectivity index (χ4v) is 4.58. The Morgan fingerprint density at radius 2 is 1.50 bits per heavy atom. The minimum Gasteiger partial charge on any atom is -0.484 e. The summed E-state index contributed by atoms with van der Waals surface area (Å²) < 4.78 is 31.9. The van der Waals surface area contributed by atoms with Gasteiger partial charge in [-0.05, 0) is 60.7 Å². The van der Waals surface area contributed by atoms with Gasteiger partial charge in [0.15, 0.2) is 6.61 Å². The number of para-hydroxylation sites is 1. The van der Waals surface area contributed by atoms with Crippen LogP contribution in [0.4, 0.5) is 11.4 Å². The Hall–Kier alpha value is -3.32. The zero-order valence-electron chi connectivity index (χ0n) is 20.2. The van der Waals surface area contributed by atoms with E-state index in [1.165, 1.54) is 10.6 Å². The van der Waals surface area contributed by atoms with Gasteiger partial charge >= 0.3 is 0 Å². The largest absolute Gasteiger partial charge is 0.484 e. The standard InChI is InChI=1S/C27H32N2O4S/c1-5-22-8-7-9-23(6-2)27(22)28-26(30)19-33-25-16-14-24(15-17-25)29(34(4,31)32)18-21-12-10-20(3)11-13-21/h7-17H,5-6,18-19H2,1-4H3,(H,28,30). The monoisotopic (exact) mass is 480 g/mol. The summed E-state index contributed by atoms with van der Waals surface area (Å²) in [5.41, 5.74) is 5.58. The van der Waals surface area contributed by atoms with Gasteiger partial charge in [0, 0.05) is 5.69 Å². The Balaban J connectivity index is 1.67. The highest BCUT2D eigenvalue weighted by molar-refractivity contribution is 7.92. The lowest BCUT2D eigenvalue weighted by atomic mass is 10.0. The fraction of sp³-hybridized carbons (Fsp3) is 0.296. The Kier molecular flexibility index (Phi) is 8.34. The molecular weight excluding hydrogens is 448 g/mol. The summed E-state index contributed by atoms with van der Waals surface area (Å²) >= 11 is 0. The van der Waals surface area contributed by atoms with Crippen molar-refractivity contribution >= 4 is 27.3 Å². The van der Waals surface area contributed by atoms with Crippen molar-refractivity contribution in [3.05, 3.63) is 89.0 Å². The SMILES string of the molecule is CCc1cccc(CC)c1NC(=O)COc1ccc(N(Cc2ccc(C)cc2)S(C)(=O)=O)cc1. The molecule has 180 valence electrons. The molecule has 0 spiro atoms. The second-order valence-electron chi connectivity index (χ2n) is 8.24. The van der Waals surface area contributed by atoms with Crippen LogP contribution < -0.4 is 14.4 Å². The summed E-state index contributed by atoms with van der Waals surface area (Å²) in [6.45, 7) is 6.20. The number of aryl methyl sites for hydroxylation is 3. The van der Waals surface area contributed by atoms with Crippen molar-refractivity contribution in [1.29, 1.82) is 0 Å². The van der Waals surface area contributed by atoms with Crippen LogP contribution in [0.25, 0.3) is 0 Å². The average molecular weight is 481 g/mol. The van der Waals surface area contributed by atoms with Crippen molar-refractivity contribution in [3.63, 3.8) is 0 Å². The number of amides is 1. The Bertz CT molecular complexity index is 1200. The molecular formula is C27H32N2O4S. The molecule has 7 heteroatoms. The van der Waals surface area contributed by atoms with Gasteiger partial charge in [-0.3, -0.25) is 9.10 Å². The topological polar surface area (TPSA) is 75.7 Å². The molecule has 0 heterocycles. The van der Waals surface area contributed by atoms with Crippen LogP contribution >= 0.6 is 0 Å². The number of hydrogen-bond acceptors (Lipinski definition) is 4. The molecule has 3 aromatic carbocycles. The van der Waals surface area contributed by atoms with Crippen LogP contribution in [-0.2, 0) is 34.2 Å². The van der Waals surface area contributed by atoms with E-state index in [0.717, 1.165) is 40.8 Å². The van der Waals surface area contributed by atoms with E-state index in [1.807, 2.05) is 49.4 Å². The number of carbonyl (C=O) groups is 1. The molecule has 0 unspecified atom stereocenters. The highest BCUT2D eigenvalue weighted by Crippen LogP contribution is 2.25. The average Bonchev–Trinajstić information content (AvgIpc) is 2.82. The number of nitrogens with one attached hydrogen (secondary N) is 1. The second-order valence-corrected chi connectivity index (χ2v) is 10.2. The maximum absolute atomic E-state index is 12.5. The number of benzene rings is 3. The van der Waals surface area contributed by atoms with Crippen LogP contribution in [0, 0.1) is 6.92 Å². The normalized spacial score (nSPS) is 11.2. The number of carbonyl (C=O) groups excluding carboxylic acids is 1. The summed E-state index contributed by atoms with van der Waals surface area (Å²) in [6.07, 6.45) is 2.84. The number of nitrogens with zero attached hydrogens (tertiary/aromatic N) is 1. The molecule has 6 nitrogen and oxygen atoms in total. The van der Waals surface area contributed by atoms with Crippen molar-refractivity contribution < 1.29 is 17.9 Å². The number of sulfonamides is 1. The summed E-state index contributed by atoms with van der Waals surface area (Å²) in [5, 5.41) is 2.98. The van der Waals surface area contributed by atoms with E-state index >= 15 is 0 Å². The number of ether oxygens (including phenoxy) is 1. The molecule has 0 saturated carbocycles. The molecule has 0 aliphatic heterocycles. The van der Waals surface area contributed by atoms with Crippen molar-refractivity contribution in [2.45, 2.75) is 40.2 Å². The summed E-state index contributed by atoms with van der Waals surface area (Å²) in [6, 6.07) is 20.5. The molecule has 1 N–H and O–H groups in total. The predicted octanol–water partition coefficient (Wildman–Crippen LogP) is 5.10. The maximum atomic E-state index is 12.5. The van der Waals surface area contributed by atoms with Gasteiger partial charge in [-0.25, -0.2) is 8.42 Å². The Labute approximate surface area is 202 Å². The third-order valence-electron chi connectivity index (χ3n) is 5.61. The smallest absolute Gasteiger partial charge is 0.262 e. The van der Waals surface area contributed by atoms with Gasteiger partial charge < -0.3 is 10.1 Å². The molecule has 3 aromatic rings. The molecule has 0 radical (unpaired) electrons. The lowest BCUT2D eigenvalue weighted by Crippen LogP contribution is -2.29. The van der Waals surface area contributed by atoms with Crippen molar-refractivity contribution in [3.8, 4) is 5.75 Å². The zero-order chi connectivity index (χ0) is 24.7. The first kappa shape index (κ1) is 25.3. The molecule has 3 rings (SSSR count). The van der Waals surface area contributed by atoms with Crippen molar-refractivity contribution in [1.82, 2.24) is 0 Å². The summed E-state index contributed by atoms with van der Waals surface area (Å²) in [4.78, 5) is 12.5. The first-order chi connectivity index (χ1) is 16.2. The first-order valence-corrected chi connectivity index (χ1v) is 13.2. The number of hydrogen-bond donors (Lipinski definition) is 1. The lowest BCUT2D eigenvalue weighted by molar-refractivity contribution is -0.118. The molecule has 1 amide bonds. The van der Waals surface area contributed by atoms with Crippen LogP contribution in [0.2, 0.25) is 0 Å². The van der Waals surface area contributed by atoms with Crippen molar-refractivity contribution in [2.75, 3.05) is 22.5 Å². The van der Waals surface area contributed by atoms with E-state index in [9.17, 15) is 13.2 Å². The van der Waals surface area contributed by atoms with Crippen LogP contribution in [0.3, 0.4) is 0 Å². The minimum absolute atomic E-state index is 0.139. The van der Waals surface area contributed by atoms with Crippen molar-refractivity contribution in [2.24, 2.45) is 0 Å². The van der Waals surface area contributed by atoms with Gasteiger partial charge in [-0.1, -0.05) is 61.9 Å². The molecule has 0 atom stereocenters. The van der Waals surface area contributed by atoms with Gasteiger partial charge in [-0.2, -0.15) is 0 Å². The summed E-state index contributed by atoms with van der Waals surface area (Å²) in [5.74, 6) is 0.249. The van der Waals surface area contributed by atoms with Gasteiger partial charge in [0.25, 0.3) is 5.91 Å². The Morgan fingerprint density at radius 1 is 0.912 bits per heavy atom. The van der Waals surface area contributed by atoms with Gasteiger partial charge in [-0.15, -0.1) is 0 Å². The zero-order valence-corrected chi connectivity index (χ0v) is 21.0.